The number of nitrogens with one attached hydrogen (secondary N) is 1. The van der Waals surface area contributed by atoms with Crippen LogP contribution in [0.2, 0.25) is 0 Å². The van der Waals surface area contributed by atoms with E-state index in [1.54, 1.807) is 30.7 Å². The summed E-state index contributed by atoms with van der Waals surface area (Å²) in [5.41, 5.74) is 2.14. The second-order valence-corrected chi connectivity index (χ2v) is 5.60. The van der Waals surface area contributed by atoms with Gasteiger partial charge in [0.2, 0.25) is 0 Å². The van der Waals surface area contributed by atoms with E-state index in [1.807, 2.05) is 48.5 Å². The number of carbonyl (C=O) groups excluding carboxylic acids is 2. The van der Waals surface area contributed by atoms with Gasteiger partial charge in [-0.05, 0) is 38.1 Å². The normalized spacial score (nSPS) is 10.4. The molecule has 0 saturated heterocycles. The fourth-order valence-corrected chi connectivity index (χ4v) is 2.64. The molecule has 0 spiro atoms. The summed E-state index contributed by atoms with van der Waals surface area (Å²) < 4.78 is 6.70. The van der Waals surface area contributed by atoms with Crippen molar-refractivity contribution >= 4 is 17.6 Å². The van der Waals surface area contributed by atoms with Crippen molar-refractivity contribution in [2.24, 2.45) is 0 Å². The first-order valence-electron chi connectivity index (χ1n) is 8.30. The van der Waals surface area contributed by atoms with E-state index in [0.717, 1.165) is 5.69 Å². The SMILES string of the molecule is CCOC(=O)c1c(C(=O)Nc2ccccc2)nn(-c2ccccc2)c1C. The zero-order chi connectivity index (χ0) is 18.5. The summed E-state index contributed by atoms with van der Waals surface area (Å²) in [6.45, 7) is 3.68. The molecule has 3 aromatic rings. The molecule has 0 atom stereocenters. The van der Waals surface area contributed by atoms with E-state index in [9.17, 15) is 9.59 Å². The molecule has 3 rings (SSSR count). The van der Waals surface area contributed by atoms with Gasteiger partial charge in [-0.3, -0.25) is 4.79 Å². The molecule has 1 heterocycles. The topological polar surface area (TPSA) is 73.2 Å². The summed E-state index contributed by atoms with van der Waals surface area (Å²) in [4.78, 5) is 25.2. The van der Waals surface area contributed by atoms with E-state index in [-0.39, 0.29) is 17.9 Å². The zero-order valence-electron chi connectivity index (χ0n) is 14.6. The molecule has 6 heteroatoms. The molecule has 0 saturated carbocycles. The summed E-state index contributed by atoms with van der Waals surface area (Å²) in [5.74, 6) is -1.03. The number of esters is 1. The summed E-state index contributed by atoms with van der Waals surface area (Å²) >= 11 is 0. The number of amides is 1. The minimum absolute atomic E-state index is 0.0358. The molecule has 1 aromatic heterocycles. The number of hydrogen-bond acceptors (Lipinski definition) is 4. The van der Waals surface area contributed by atoms with Crippen molar-refractivity contribution in [3.05, 3.63) is 77.6 Å². The third-order valence-electron chi connectivity index (χ3n) is 3.84. The number of benzene rings is 2. The summed E-state index contributed by atoms with van der Waals surface area (Å²) in [5, 5.41) is 7.15. The van der Waals surface area contributed by atoms with Crippen molar-refractivity contribution in [3.8, 4) is 5.69 Å². The van der Waals surface area contributed by atoms with Crippen molar-refractivity contribution < 1.29 is 14.3 Å². The first-order chi connectivity index (χ1) is 12.6. The number of aromatic nitrogens is 2. The number of nitrogens with zero attached hydrogens (tertiary/aromatic N) is 2. The molecule has 0 unspecified atom stereocenters. The van der Waals surface area contributed by atoms with E-state index in [2.05, 4.69) is 10.4 Å². The minimum Gasteiger partial charge on any atom is -0.462 e. The van der Waals surface area contributed by atoms with Crippen LogP contribution in [-0.2, 0) is 4.74 Å². The van der Waals surface area contributed by atoms with Crippen LogP contribution in [0.4, 0.5) is 5.69 Å². The maximum absolute atomic E-state index is 12.7. The smallest absolute Gasteiger partial charge is 0.342 e. The second kappa shape index (κ2) is 7.65. The fraction of sp³-hybridized carbons (Fsp3) is 0.150. The van der Waals surface area contributed by atoms with Gasteiger partial charge in [0.1, 0.15) is 5.56 Å². The quantitative estimate of drug-likeness (QED) is 0.714. The number of anilines is 1. The number of ether oxygens (including phenoxy) is 1. The van der Waals surface area contributed by atoms with Gasteiger partial charge in [-0.15, -0.1) is 0 Å². The molecule has 132 valence electrons. The van der Waals surface area contributed by atoms with Gasteiger partial charge >= 0.3 is 5.97 Å². The van der Waals surface area contributed by atoms with Gasteiger partial charge in [-0.2, -0.15) is 5.10 Å². The number of carbonyl (C=O) groups is 2. The van der Waals surface area contributed by atoms with E-state index >= 15 is 0 Å². The van der Waals surface area contributed by atoms with E-state index in [4.69, 9.17) is 4.74 Å². The standard InChI is InChI=1S/C20H19N3O3/c1-3-26-20(25)17-14(2)23(16-12-8-5-9-13-16)22-18(17)19(24)21-15-10-6-4-7-11-15/h4-13H,3H2,1-2H3,(H,21,24). The Kier molecular flexibility index (Phi) is 5.12. The molecule has 0 aliphatic carbocycles. The third-order valence-corrected chi connectivity index (χ3v) is 3.84. The molecule has 0 aliphatic heterocycles. The Morgan fingerprint density at radius 2 is 1.65 bits per heavy atom. The average Bonchev–Trinajstić information content (AvgIpc) is 3.01. The van der Waals surface area contributed by atoms with Gasteiger partial charge in [-0.1, -0.05) is 36.4 Å². The number of hydrogen-bond donors (Lipinski definition) is 1. The van der Waals surface area contributed by atoms with Crippen LogP contribution in [0.15, 0.2) is 60.7 Å². The summed E-state index contributed by atoms with van der Waals surface area (Å²) in [7, 11) is 0. The minimum atomic E-state index is -0.564. The van der Waals surface area contributed by atoms with Crippen LogP contribution in [0.25, 0.3) is 5.69 Å². The molecular formula is C20H19N3O3. The maximum Gasteiger partial charge on any atom is 0.342 e. The highest BCUT2D eigenvalue weighted by Crippen LogP contribution is 2.21. The predicted octanol–water partition coefficient (Wildman–Crippen LogP) is 3.61. The molecule has 1 N–H and O–H groups in total. The second-order valence-electron chi connectivity index (χ2n) is 5.60. The highest BCUT2D eigenvalue weighted by Gasteiger charge is 2.27. The van der Waals surface area contributed by atoms with Crippen LogP contribution < -0.4 is 5.32 Å². The Morgan fingerprint density at radius 3 is 2.27 bits per heavy atom. The lowest BCUT2D eigenvalue weighted by atomic mass is 10.1. The van der Waals surface area contributed by atoms with Crippen molar-refractivity contribution in [2.45, 2.75) is 13.8 Å². The van der Waals surface area contributed by atoms with E-state index in [0.29, 0.717) is 11.4 Å². The van der Waals surface area contributed by atoms with E-state index < -0.39 is 11.9 Å². The van der Waals surface area contributed by atoms with Crippen LogP contribution in [0.1, 0.15) is 33.5 Å². The average molecular weight is 349 g/mol. The Hall–Kier alpha value is -3.41. The molecular weight excluding hydrogens is 330 g/mol. The van der Waals surface area contributed by atoms with Crippen molar-refractivity contribution in [1.82, 2.24) is 9.78 Å². The Labute approximate surface area is 151 Å². The first kappa shape index (κ1) is 17.4. The van der Waals surface area contributed by atoms with Gasteiger partial charge in [-0.25, -0.2) is 9.48 Å². The predicted molar refractivity (Wildman–Crippen MR) is 98.7 cm³/mol. The van der Waals surface area contributed by atoms with E-state index in [1.165, 1.54) is 0 Å². The Bertz CT molecular complexity index is 918. The molecule has 0 fully saturated rings. The Morgan fingerprint density at radius 1 is 1.04 bits per heavy atom. The van der Waals surface area contributed by atoms with Gasteiger partial charge in [0, 0.05) is 5.69 Å². The number of rotatable bonds is 5. The monoisotopic (exact) mass is 349 g/mol. The molecule has 2 aromatic carbocycles. The Balaban J connectivity index is 2.05. The third kappa shape index (κ3) is 3.49. The molecule has 0 radical (unpaired) electrons. The van der Waals surface area contributed by atoms with Crippen LogP contribution >= 0.6 is 0 Å². The largest absolute Gasteiger partial charge is 0.462 e. The summed E-state index contributed by atoms with van der Waals surface area (Å²) in [6, 6.07) is 18.3. The van der Waals surface area contributed by atoms with Gasteiger partial charge < -0.3 is 10.1 Å². The molecule has 26 heavy (non-hydrogen) atoms. The van der Waals surface area contributed by atoms with Gasteiger partial charge in [0.05, 0.1) is 18.0 Å². The van der Waals surface area contributed by atoms with Gasteiger partial charge in [0.25, 0.3) is 5.91 Å². The maximum atomic E-state index is 12.7. The van der Waals surface area contributed by atoms with Crippen molar-refractivity contribution in [2.75, 3.05) is 11.9 Å². The van der Waals surface area contributed by atoms with Crippen LogP contribution in [0, 0.1) is 6.92 Å². The van der Waals surface area contributed by atoms with Gasteiger partial charge in [0.15, 0.2) is 5.69 Å². The van der Waals surface area contributed by atoms with Crippen LogP contribution in [0.5, 0.6) is 0 Å². The lowest BCUT2D eigenvalue weighted by molar-refractivity contribution is 0.0522. The lowest BCUT2D eigenvalue weighted by Crippen LogP contribution is -2.17. The highest BCUT2D eigenvalue weighted by molar-refractivity contribution is 6.10. The zero-order valence-corrected chi connectivity index (χ0v) is 14.6. The van der Waals surface area contributed by atoms with Crippen molar-refractivity contribution in [3.63, 3.8) is 0 Å². The van der Waals surface area contributed by atoms with Crippen molar-refractivity contribution in [1.29, 1.82) is 0 Å². The lowest BCUT2D eigenvalue weighted by Gasteiger charge is -2.05. The number of para-hydroxylation sites is 2. The fourth-order valence-electron chi connectivity index (χ4n) is 2.64. The van der Waals surface area contributed by atoms with Crippen LogP contribution in [0.3, 0.4) is 0 Å². The molecule has 6 nitrogen and oxygen atoms in total. The molecule has 1 amide bonds. The highest BCUT2D eigenvalue weighted by atomic mass is 16.5. The molecule has 0 bridgehead atoms. The first-order valence-corrected chi connectivity index (χ1v) is 8.30. The molecule has 0 aliphatic rings. The summed E-state index contributed by atoms with van der Waals surface area (Å²) in [6.07, 6.45) is 0. The van der Waals surface area contributed by atoms with Crippen LogP contribution in [-0.4, -0.2) is 28.3 Å².